The molecule has 1 fully saturated rings. The van der Waals surface area contributed by atoms with Crippen LogP contribution >= 0.6 is 0 Å². The molecule has 0 aromatic carbocycles. The maximum atomic E-state index is 12.6. The minimum atomic E-state index is -0.227. The van der Waals surface area contributed by atoms with E-state index in [9.17, 15) is 9.59 Å². The second kappa shape index (κ2) is 8.96. The lowest BCUT2D eigenvalue weighted by Gasteiger charge is -2.35. The van der Waals surface area contributed by atoms with Gasteiger partial charge in [-0.25, -0.2) is 4.98 Å². The molecule has 2 aromatic rings. The number of aryl methyl sites for hydroxylation is 2. The molecule has 0 saturated heterocycles. The van der Waals surface area contributed by atoms with Crippen LogP contribution in [0, 0.1) is 12.8 Å². The third kappa shape index (κ3) is 4.75. The zero-order valence-corrected chi connectivity index (χ0v) is 16.5. The summed E-state index contributed by atoms with van der Waals surface area (Å²) in [6, 6.07) is -0.227. The summed E-state index contributed by atoms with van der Waals surface area (Å²) in [4.78, 5) is 29.1. The Labute approximate surface area is 163 Å². The van der Waals surface area contributed by atoms with E-state index in [2.05, 4.69) is 25.9 Å². The normalized spacial score (nSPS) is 22.0. The number of imidazole rings is 1. The minimum absolute atomic E-state index is 0.00817. The molecule has 0 aliphatic heterocycles. The second-order valence-corrected chi connectivity index (χ2v) is 7.17. The van der Waals surface area contributed by atoms with E-state index in [4.69, 9.17) is 4.74 Å². The summed E-state index contributed by atoms with van der Waals surface area (Å²) >= 11 is 0. The number of nitrogens with one attached hydrogen (secondary N) is 2. The van der Waals surface area contributed by atoms with E-state index in [-0.39, 0.29) is 29.9 Å². The maximum Gasteiger partial charge on any atom is 0.269 e. The van der Waals surface area contributed by atoms with Crippen LogP contribution in [-0.4, -0.2) is 62.2 Å². The molecule has 0 unspecified atom stereocenters. The van der Waals surface area contributed by atoms with Gasteiger partial charge in [-0.15, -0.1) is 5.10 Å². The minimum Gasteiger partial charge on any atom is -0.379 e. The Morgan fingerprint density at radius 1 is 1.36 bits per heavy atom. The number of amides is 2. The monoisotopic (exact) mass is 389 g/mol. The van der Waals surface area contributed by atoms with Crippen molar-refractivity contribution in [3.05, 3.63) is 30.1 Å². The highest BCUT2D eigenvalue weighted by molar-refractivity contribution is 5.92. The van der Waals surface area contributed by atoms with Gasteiger partial charge in [0.1, 0.15) is 5.69 Å². The number of hydrogen-bond donors (Lipinski definition) is 2. The Morgan fingerprint density at radius 2 is 2.18 bits per heavy atom. The molecule has 1 saturated carbocycles. The highest BCUT2D eigenvalue weighted by atomic mass is 16.5. The van der Waals surface area contributed by atoms with Gasteiger partial charge in [-0.05, 0) is 26.2 Å². The Balaban J connectivity index is 1.53. The van der Waals surface area contributed by atoms with Gasteiger partial charge in [-0.2, -0.15) is 0 Å². The second-order valence-electron chi connectivity index (χ2n) is 7.17. The van der Waals surface area contributed by atoms with E-state index in [1.807, 2.05) is 13.1 Å². The highest BCUT2D eigenvalue weighted by Gasteiger charge is 2.35. The van der Waals surface area contributed by atoms with E-state index in [0.29, 0.717) is 31.6 Å². The molecule has 0 bridgehead atoms. The van der Waals surface area contributed by atoms with Crippen LogP contribution < -0.4 is 10.6 Å². The summed E-state index contributed by atoms with van der Waals surface area (Å²) in [5.41, 5.74) is 1.32. The highest BCUT2D eigenvalue weighted by Crippen LogP contribution is 2.27. The van der Waals surface area contributed by atoms with Gasteiger partial charge in [-0.1, -0.05) is 5.21 Å². The number of methoxy groups -OCH3 is 1. The number of ether oxygens (including phenoxy) is 1. The zero-order chi connectivity index (χ0) is 20.1. The molecule has 0 radical (unpaired) electrons. The average molecular weight is 389 g/mol. The van der Waals surface area contributed by atoms with Gasteiger partial charge in [0.05, 0.1) is 36.9 Å². The van der Waals surface area contributed by atoms with Crippen LogP contribution in [0.1, 0.15) is 35.4 Å². The average Bonchev–Trinajstić information content (AvgIpc) is 3.29. The molecule has 2 amide bonds. The number of aromatic nitrogens is 5. The fourth-order valence-corrected chi connectivity index (χ4v) is 3.58. The maximum absolute atomic E-state index is 12.6. The van der Waals surface area contributed by atoms with Crippen LogP contribution in [0.2, 0.25) is 0 Å². The smallest absolute Gasteiger partial charge is 0.269 e. The van der Waals surface area contributed by atoms with E-state index < -0.39 is 0 Å². The van der Waals surface area contributed by atoms with Crippen molar-refractivity contribution in [3.63, 3.8) is 0 Å². The number of hydrogen-bond acceptors (Lipinski definition) is 6. The summed E-state index contributed by atoms with van der Waals surface area (Å²) in [6.07, 6.45) is 6.81. The standard InChI is InChI=1S/C18H27N7O3/c1-12-10-25(23-22-12)7-6-20-17(26)13-4-5-16(28-3)14(8-13)21-18(27)15-9-19-11-24(15)2/h9-11,13-14,16H,4-8H2,1-3H3,(H,20,26)(H,21,27)/t13-,14+,16+/m0/s1. The van der Waals surface area contributed by atoms with Gasteiger partial charge in [0.15, 0.2) is 0 Å². The summed E-state index contributed by atoms with van der Waals surface area (Å²) in [5, 5.41) is 13.9. The van der Waals surface area contributed by atoms with Crippen molar-refractivity contribution >= 4 is 11.8 Å². The first-order chi connectivity index (χ1) is 13.5. The molecular weight excluding hydrogens is 362 g/mol. The lowest BCUT2D eigenvalue weighted by Crippen LogP contribution is -2.50. The molecule has 3 rings (SSSR count). The fraction of sp³-hybridized carbons (Fsp3) is 0.611. The van der Waals surface area contributed by atoms with E-state index in [1.165, 1.54) is 6.20 Å². The third-order valence-electron chi connectivity index (χ3n) is 5.12. The molecular formula is C18H27N7O3. The molecule has 2 heterocycles. The Hall–Kier alpha value is -2.75. The quantitative estimate of drug-likeness (QED) is 0.691. The summed E-state index contributed by atoms with van der Waals surface area (Å²) < 4.78 is 8.90. The number of rotatable bonds is 7. The van der Waals surface area contributed by atoms with Crippen molar-refractivity contribution in [2.45, 2.75) is 44.9 Å². The van der Waals surface area contributed by atoms with Crippen LogP contribution in [0.3, 0.4) is 0 Å². The lowest BCUT2D eigenvalue weighted by atomic mass is 9.83. The number of nitrogens with zero attached hydrogens (tertiary/aromatic N) is 5. The topological polar surface area (TPSA) is 116 Å². The summed E-state index contributed by atoms with van der Waals surface area (Å²) in [5.74, 6) is -0.387. The lowest BCUT2D eigenvalue weighted by molar-refractivity contribution is -0.127. The first-order valence-electron chi connectivity index (χ1n) is 9.42. The van der Waals surface area contributed by atoms with Crippen LogP contribution in [0.4, 0.5) is 0 Å². The Kier molecular flexibility index (Phi) is 6.40. The number of carbonyl (C=O) groups is 2. The molecule has 1 aliphatic rings. The van der Waals surface area contributed by atoms with Crippen molar-refractivity contribution < 1.29 is 14.3 Å². The molecule has 1 aliphatic carbocycles. The van der Waals surface area contributed by atoms with E-state index in [0.717, 1.165) is 12.1 Å². The molecule has 10 heteroatoms. The molecule has 152 valence electrons. The van der Waals surface area contributed by atoms with Crippen molar-refractivity contribution in [3.8, 4) is 0 Å². The number of carbonyl (C=O) groups excluding carboxylic acids is 2. The molecule has 28 heavy (non-hydrogen) atoms. The molecule has 3 atom stereocenters. The first kappa shape index (κ1) is 20.0. The van der Waals surface area contributed by atoms with Gasteiger partial charge < -0.3 is 19.9 Å². The molecule has 2 aromatic heterocycles. The van der Waals surface area contributed by atoms with Crippen molar-refractivity contribution in [1.82, 2.24) is 35.2 Å². The molecule has 0 spiro atoms. The van der Waals surface area contributed by atoms with Gasteiger partial charge in [-0.3, -0.25) is 14.3 Å². The first-order valence-corrected chi connectivity index (χ1v) is 9.42. The van der Waals surface area contributed by atoms with Gasteiger partial charge in [0, 0.05) is 32.8 Å². The van der Waals surface area contributed by atoms with Crippen LogP contribution in [0.5, 0.6) is 0 Å². The molecule has 2 N–H and O–H groups in total. The van der Waals surface area contributed by atoms with Crippen molar-refractivity contribution in [2.24, 2.45) is 13.0 Å². The third-order valence-corrected chi connectivity index (χ3v) is 5.12. The van der Waals surface area contributed by atoms with Crippen molar-refractivity contribution in [2.75, 3.05) is 13.7 Å². The van der Waals surface area contributed by atoms with Crippen molar-refractivity contribution in [1.29, 1.82) is 0 Å². The SMILES string of the molecule is CO[C@@H]1CC[C@H](C(=O)NCCn2cc(C)nn2)C[C@H]1NC(=O)c1cncn1C. The Morgan fingerprint density at radius 3 is 2.82 bits per heavy atom. The fourth-order valence-electron chi connectivity index (χ4n) is 3.58. The summed E-state index contributed by atoms with van der Waals surface area (Å²) in [6.45, 7) is 2.93. The van der Waals surface area contributed by atoms with Crippen LogP contribution in [-0.2, 0) is 23.1 Å². The van der Waals surface area contributed by atoms with Crippen LogP contribution in [0.25, 0.3) is 0 Å². The van der Waals surface area contributed by atoms with E-state index in [1.54, 1.807) is 29.7 Å². The zero-order valence-electron chi connectivity index (χ0n) is 16.5. The van der Waals surface area contributed by atoms with Gasteiger partial charge in [0.25, 0.3) is 5.91 Å². The van der Waals surface area contributed by atoms with E-state index >= 15 is 0 Å². The summed E-state index contributed by atoms with van der Waals surface area (Å²) in [7, 11) is 3.40. The predicted molar refractivity (Wildman–Crippen MR) is 100 cm³/mol. The van der Waals surface area contributed by atoms with Gasteiger partial charge in [0.2, 0.25) is 5.91 Å². The van der Waals surface area contributed by atoms with Crippen LogP contribution in [0.15, 0.2) is 18.7 Å². The predicted octanol–water partition coefficient (Wildman–Crippen LogP) is 0.0499. The largest absolute Gasteiger partial charge is 0.379 e. The molecule has 10 nitrogen and oxygen atoms in total. The van der Waals surface area contributed by atoms with Gasteiger partial charge >= 0.3 is 0 Å². The Bertz CT molecular complexity index is 816.